The lowest BCUT2D eigenvalue weighted by atomic mass is 10.2. The van der Waals surface area contributed by atoms with Crippen LogP contribution >= 0.6 is 11.8 Å². The largest absolute Gasteiger partial charge is 0.325 e. The molecule has 1 aromatic heterocycles. The van der Waals surface area contributed by atoms with Gasteiger partial charge in [-0.25, -0.2) is 4.63 Å². The molecule has 7 nitrogen and oxygen atoms in total. The van der Waals surface area contributed by atoms with E-state index in [0.29, 0.717) is 16.6 Å². The molecule has 8 heteroatoms. The van der Waals surface area contributed by atoms with Crippen LogP contribution in [-0.4, -0.2) is 35.4 Å². The summed E-state index contributed by atoms with van der Waals surface area (Å²) in [6, 6.07) is 7.83. The van der Waals surface area contributed by atoms with Gasteiger partial charge in [-0.3, -0.25) is 4.79 Å². The van der Waals surface area contributed by atoms with E-state index < -0.39 is 0 Å². The van der Waals surface area contributed by atoms with Crippen LogP contribution in [0.2, 0.25) is 0 Å². The van der Waals surface area contributed by atoms with E-state index in [1.54, 1.807) is 11.9 Å². The van der Waals surface area contributed by atoms with Crippen LogP contribution in [0.4, 0.5) is 5.69 Å². The third kappa shape index (κ3) is 3.64. The fraction of sp³-hybridized carbons (Fsp3) is 0.286. The van der Waals surface area contributed by atoms with Crippen molar-refractivity contribution in [2.75, 3.05) is 17.7 Å². The van der Waals surface area contributed by atoms with Gasteiger partial charge in [0.1, 0.15) is 0 Å². The van der Waals surface area contributed by atoms with Crippen molar-refractivity contribution in [3.8, 4) is 0 Å². The molecule has 22 heavy (non-hydrogen) atoms. The van der Waals surface area contributed by atoms with Gasteiger partial charge in [0.15, 0.2) is 10.7 Å². The molecular weight excluding hydrogens is 304 g/mol. The first-order valence-corrected chi connectivity index (χ1v) is 7.59. The second-order valence-electron chi connectivity index (χ2n) is 4.37. The lowest BCUT2D eigenvalue weighted by Gasteiger charge is -2.19. The average molecular weight is 320 g/mol. The van der Waals surface area contributed by atoms with E-state index in [4.69, 9.17) is 4.63 Å². The Labute approximate surface area is 132 Å². The van der Waals surface area contributed by atoms with Gasteiger partial charge in [-0.05, 0) is 40.7 Å². The number of aryl methyl sites for hydroxylation is 1. The molecule has 1 heterocycles. The molecule has 1 aromatic carbocycles. The fourth-order valence-electron chi connectivity index (χ4n) is 1.84. The summed E-state index contributed by atoms with van der Waals surface area (Å²) in [6.07, 6.45) is 0. The van der Waals surface area contributed by atoms with Crippen LogP contribution in [0, 0.1) is 6.92 Å². The zero-order valence-electron chi connectivity index (χ0n) is 12.5. The van der Waals surface area contributed by atoms with Crippen molar-refractivity contribution in [3.05, 3.63) is 35.5 Å². The summed E-state index contributed by atoms with van der Waals surface area (Å²) in [6.45, 7) is 4.24. The van der Waals surface area contributed by atoms with Crippen molar-refractivity contribution in [1.29, 1.82) is 0 Å². The van der Waals surface area contributed by atoms with Crippen LogP contribution < -0.4 is 4.90 Å². The molecular formula is C14H16N4O3S. The fourth-order valence-corrected chi connectivity index (χ4v) is 2.47. The molecule has 0 unspecified atom stereocenters. The van der Waals surface area contributed by atoms with E-state index in [9.17, 15) is 4.79 Å². The van der Waals surface area contributed by atoms with Gasteiger partial charge in [0.25, 0.3) is 0 Å². The molecule has 0 bridgehead atoms. The summed E-state index contributed by atoms with van der Waals surface area (Å²) >= 11 is 1.47. The molecule has 0 saturated heterocycles. The molecule has 0 spiro atoms. The average Bonchev–Trinajstić information content (AvgIpc) is 2.96. The molecule has 0 N–H and O–H groups in total. The Balaban J connectivity index is 2.41. The second kappa shape index (κ2) is 7.60. The number of rotatable bonds is 6. The highest BCUT2D eigenvalue weighted by Gasteiger charge is 2.22. The summed E-state index contributed by atoms with van der Waals surface area (Å²) in [5.74, 6) is 1.15. The van der Waals surface area contributed by atoms with Gasteiger partial charge in [-0.2, -0.15) is 0 Å². The Morgan fingerprint density at radius 1 is 1.50 bits per heavy atom. The lowest BCUT2D eigenvalue weighted by molar-refractivity contribution is -0.128. The number of amidine groups is 1. The highest BCUT2D eigenvalue weighted by atomic mass is 32.2. The normalized spacial score (nSPS) is 11.3. The molecule has 0 saturated carbocycles. The number of anilines is 1. The predicted molar refractivity (Wildman–Crippen MR) is 84.0 cm³/mol. The summed E-state index contributed by atoms with van der Waals surface area (Å²) in [5.41, 5.74) is 2.41. The van der Waals surface area contributed by atoms with Crippen LogP contribution in [0.25, 0.3) is 0 Å². The number of thioether (sulfide) groups is 1. The van der Waals surface area contributed by atoms with Gasteiger partial charge in [0, 0.05) is 12.7 Å². The Kier molecular flexibility index (Phi) is 5.54. The van der Waals surface area contributed by atoms with E-state index in [1.165, 1.54) is 11.8 Å². The minimum absolute atomic E-state index is 0.254. The van der Waals surface area contributed by atoms with Gasteiger partial charge in [-0.15, -0.1) is 11.8 Å². The van der Waals surface area contributed by atoms with Crippen molar-refractivity contribution in [1.82, 2.24) is 10.3 Å². The third-order valence-electron chi connectivity index (χ3n) is 2.84. The third-order valence-corrected chi connectivity index (χ3v) is 3.67. The highest BCUT2D eigenvalue weighted by molar-refractivity contribution is 7.99. The number of carbonyl (C=O) groups excluding carboxylic acids is 1. The number of aromatic nitrogens is 2. The number of oxime groups is 1. The number of benzene rings is 1. The number of carbonyl (C=O) groups is 1. The summed E-state index contributed by atoms with van der Waals surface area (Å²) in [5, 5.41) is 12.2. The maximum atomic E-state index is 10.5. The van der Waals surface area contributed by atoms with Crippen molar-refractivity contribution in [3.63, 3.8) is 0 Å². The maximum absolute atomic E-state index is 10.5. The number of hydrogen-bond acceptors (Lipinski definition) is 7. The van der Waals surface area contributed by atoms with Gasteiger partial charge >= 0.3 is 6.47 Å². The zero-order valence-corrected chi connectivity index (χ0v) is 13.3. The molecule has 0 aliphatic heterocycles. The molecule has 2 rings (SSSR count). The second-order valence-corrected chi connectivity index (χ2v) is 5.62. The van der Waals surface area contributed by atoms with E-state index in [-0.39, 0.29) is 6.47 Å². The van der Waals surface area contributed by atoms with Crippen molar-refractivity contribution < 1.29 is 14.3 Å². The van der Waals surface area contributed by atoms with Crippen LogP contribution in [0.1, 0.15) is 18.2 Å². The van der Waals surface area contributed by atoms with Crippen LogP contribution in [0.5, 0.6) is 0 Å². The maximum Gasteiger partial charge on any atom is 0.323 e. The first-order chi connectivity index (χ1) is 10.7. The smallest absolute Gasteiger partial charge is 0.323 e. The monoisotopic (exact) mass is 320 g/mol. The van der Waals surface area contributed by atoms with E-state index >= 15 is 0 Å². The molecule has 0 aliphatic carbocycles. The van der Waals surface area contributed by atoms with Crippen molar-refractivity contribution >= 4 is 29.8 Å². The van der Waals surface area contributed by atoms with Crippen LogP contribution in [-0.2, 0) is 9.63 Å². The van der Waals surface area contributed by atoms with Crippen LogP contribution in [0.3, 0.4) is 0 Å². The molecule has 0 atom stereocenters. The van der Waals surface area contributed by atoms with E-state index in [2.05, 4.69) is 20.3 Å². The molecule has 2 aromatic rings. The van der Waals surface area contributed by atoms with Crippen LogP contribution in [0.15, 0.2) is 39.1 Å². The molecule has 116 valence electrons. The SMILES string of the molecule is CCSc1nonc1/C(=N/OC=O)N(C)c1cccc(C)c1. The first kappa shape index (κ1) is 16.0. The van der Waals surface area contributed by atoms with Crippen molar-refractivity contribution in [2.45, 2.75) is 18.9 Å². The topological polar surface area (TPSA) is 80.8 Å². The Bertz CT molecular complexity index is 672. The Morgan fingerprint density at radius 2 is 2.32 bits per heavy atom. The standard InChI is InChI=1S/C14H16N4O3S/c1-4-22-14-12(15-21-17-14)13(16-20-9-19)18(3)11-7-5-6-10(2)8-11/h5-9H,4H2,1-3H3/b16-13-. The highest BCUT2D eigenvalue weighted by Crippen LogP contribution is 2.23. The van der Waals surface area contributed by atoms with E-state index in [1.807, 2.05) is 38.1 Å². The summed E-state index contributed by atoms with van der Waals surface area (Å²) < 4.78 is 4.80. The van der Waals surface area contributed by atoms with Gasteiger partial charge < -0.3 is 9.74 Å². The minimum Gasteiger partial charge on any atom is -0.325 e. The molecule has 0 radical (unpaired) electrons. The summed E-state index contributed by atoms with van der Waals surface area (Å²) in [7, 11) is 1.80. The summed E-state index contributed by atoms with van der Waals surface area (Å²) in [4.78, 5) is 16.8. The molecule has 0 amide bonds. The van der Waals surface area contributed by atoms with Gasteiger partial charge in [0.05, 0.1) is 0 Å². The predicted octanol–water partition coefficient (Wildman–Crippen LogP) is 2.46. The first-order valence-electron chi connectivity index (χ1n) is 6.61. The Hall–Kier alpha value is -2.35. The zero-order chi connectivity index (χ0) is 15.9. The molecule has 0 fully saturated rings. The minimum atomic E-state index is 0.254. The van der Waals surface area contributed by atoms with Gasteiger partial charge in [0.2, 0.25) is 5.84 Å². The number of nitrogens with zero attached hydrogens (tertiary/aromatic N) is 4. The lowest BCUT2D eigenvalue weighted by Crippen LogP contribution is -2.28. The van der Waals surface area contributed by atoms with Gasteiger partial charge in [-0.1, -0.05) is 24.2 Å². The Morgan fingerprint density at radius 3 is 3.00 bits per heavy atom. The molecule has 0 aliphatic rings. The van der Waals surface area contributed by atoms with E-state index in [0.717, 1.165) is 17.0 Å². The van der Waals surface area contributed by atoms with Crippen molar-refractivity contribution in [2.24, 2.45) is 5.16 Å². The number of hydrogen-bond donors (Lipinski definition) is 0. The quantitative estimate of drug-likeness (QED) is 0.202.